The van der Waals surface area contributed by atoms with E-state index in [0.717, 1.165) is 28.4 Å². The fraction of sp³-hybridized carbons (Fsp3) is 0.673. The van der Waals surface area contributed by atoms with Gasteiger partial charge in [0.15, 0.2) is 41.3 Å². The number of nitrogens with two attached hydrogens (primary N) is 2. The zero-order chi connectivity index (χ0) is 68.2. The summed E-state index contributed by atoms with van der Waals surface area (Å²) in [5.74, 6) is -0.423. The Morgan fingerprint density at radius 3 is 1.65 bits per heavy atom. The molecule has 8 aliphatic rings. The number of imidazole rings is 2. The highest BCUT2D eigenvalue weighted by molar-refractivity contribution is 7.48. The second kappa shape index (κ2) is 28.9. The molecular weight excluding hydrogens is 1370 g/mol. The Morgan fingerprint density at radius 2 is 1.07 bits per heavy atom. The van der Waals surface area contributed by atoms with E-state index in [2.05, 4.69) is 29.9 Å². The summed E-state index contributed by atoms with van der Waals surface area (Å²) in [6, 6.07) is 0. The first-order valence-corrected chi connectivity index (χ1v) is 35.5. The molecule has 0 amide bonds. The molecule has 0 spiro atoms. The van der Waals surface area contributed by atoms with E-state index < -0.39 is 186 Å². The Morgan fingerprint density at radius 1 is 0.583 bits per heavy atom. The van der Waals surface area contributed by atoms with Crippen molar-refractivity contribution in [3.05, 3.63) is 65.2 Å². The van der Waals surface area contributed by atoms with Crippen molar-refractivity contribution in [2.24, 2.45) is 0 Å². The number of rotatable bonds is 26. The third-order valence-electron chi connectivity index (χ3n) is 16.3. The summed E-state index contributed by atoms with van der Waals surface area (Å²) >= 11 is 0. The zero-order valence-electron chi connectivity index (χ0n) is 50.6. The summed E-state index contributed by atoms with van der Waals surface area (Å²) in [5.41, 5.74) is 12.2. The number of H-pyrrole nitrogens is 1. The first-order chi connectivity index (χ1) is 45.6. The summed E-state index contributed by atoms with van der Waals surface area (Å²) < 4.78 is 148. The number of phosphoric acid groups is 4. The standard InChI is InChI=1S/C49H71N13O30P4/c1-23-8-59(21-78-11-23)32-6-25(64)28(84-32)13-80-93(69,70)89-26-7-33(60-9-24(2)12-79-22-60)85-29(26)14-81-94(71,72)92-41-31(88-48(38(41)67)62-19-55-35-44(62)56-49(51)57-45(35)68)16-83-96(75,76)91-40-30(87-46(36(40)65)58-4-3-5-77-20-58)15-82-95(73,74)90-39-27(10-63)86-47(37(39)66)61-18-54-34-42(50)52-17-53-43(34)61/h3-4,8-9,17-19,25-33,36-41,46-48,63-67H,5-7,10-16,20-22H2,1-2H3,(H,69,70)(H,71,72)(H,73,74)(H,75,76)(H2,50,52,53)(H3,51,56,57,68)/t25-,26-,27-,28-,29-,30-,31-,32-,33-,36+,37+,38+,39?,40?,41?,46-,47-,48-/m1/s1. The van der Waals surface area contributed by atoms with Gasteiger partial charge in [0.05, 0.1) is 71.6 Å². The Balaban J connectivity index is 0.735. The normalized spacial score (nSPS) is 35.3. The van der Waals surface area contributed by atoms with Crippen LogP contribution in [0.15, 0.2) is 59.6 Å². The number of aromatic nitrogens is 8. The molecule has 5 fully saturated rings. The molecule has 96 heavy (non-hydrogen) atoms. The minimum atomic E-state index is -5.65. The molecule has 7 unspecified atom stereocenters. The third-order valence-corrected chi connectivity index (χ3v) is 20.2. The summed E-state index contributed by atoms with van der Waals surface area (Å²) in [6.45, 7) is -0.283. The number of fused-ring (bicyclic) bond motifs is 2. The van der Waals surface area contributed by atoms with Crippen LogP contribution >= 0.6 is 31.3 Å². The van der Waals surface area contributed by atoms with E-state index in [0.29, 0.717) is 6.61 Å². The van der Waals surface area contributed by atoms with Crippen LogP contribution in [-0.4, -0.2) is 270 Å². The monoisotopic (exact) mass is 1450 g/mol. The van der Waals surface area contributed by atoms with Crippen LogP contribution < -0.4 is 17.0 Å². The molecule has 4 aromatic rings. The van der Waals surface area contributed by atoms with Gasteiger partial charge < -0.3 is 109 Å². The average Bonchev–Trinajstić information content (AvgIpc) is 1.60. The van der Waals surface area contributed by atoms with Crippen molar-refractivity contribution >= 4 is 65.4 Å². The van der Waals surface area contributed by atoms with E-state index in [-0.39, 0.29) is 74.4 Å². The van der Waals surface area contributed by atoms with Crippen LogP contribution in [0.5, 0.6) is 0 Å². The fourth-order valence-electron chi connectivity index (χ4n) is 11.8. The summed E-state index contributed by atoms with van der Waals surface area (Å²) in [6.07, 6.45) is -18.7. The Kier molecular flexibility index (Phi) is 21.4. The molecule has 22 atom stereocenters. The van der Waals surface area contributed by atoms with Crippen molar-refractivity contribution in [1.82, 2.24) is 53.7 Å². The Hall–Kier alpha value is -4.96. The van der Waals surface area contributed by atoms with Gasteiger partial charge in [-0.15, -0.1) is 0 Å². The SMILES string of the molecule is CC1=CN([C@H]2C[C@@H](O)[C@@H](COP(=O)(O)O[C@@H]3C[C@H](N4C=C(C)COC4)O[C@@H]3COP(=O)(O)OC3[C@@H](COP(=O)(O)OC4[C@@H](COP(=O)(O)OC5[C@@H](CO)O[C@@H](n6cnc7c(N)ncnc76)[C@H]5O)O[C@@H](N5C=CCOC5)[C@H]4O)O[C@@H](n4cnc5c(=O)[nH]c(N)nc54)[C@H]3O)O2)COC1. The molecule has 47 heteroatoms. The second-order valence-corrected chi connectivity index (χ2v) is 28.9. The van der Waals surface area contributed by atoms with E-state index in [9.17, 15) is 68.2 Å². The van der Waals surface area contributed by atoms with Crippen molar-refractivity contribution in [3.8, 4) is 0 Å². The number of nitrogen functional groups attached to an aromatic ring is 2. The topological polar surface area (TPSA) is 567 Å². The van der Waals surface area contributed by atoms with Gasteiger partial charge in [0, 0.05) is 31.4 Å². The predicted octanol–water partition coefficient (Wildman–Crippen LogP) is -2.49. The van der Waals surface area contributed by atoms with E-state index >= 15 is 0 Å². The van der Waals surface area contributed by atoms with Gasteiger partial charge in [-0.25, -0.2) is 38.2 Å². The number of ether oxygens (including phenoxy) is 8. The van der Waals surface area contributed by atoms with Crippen LogP contribution in [-0.2, 0) is 92.3 Å². The van der Waals surface area contributed by atoms with Crippen LogP contribution in [0, 0.1) is 0 Å². The molecule has 532 valence electrons. The lowest BCUT2D eigenvalue weighted by molar-refractivity contribution is -0.115. The highest BCUT2D eigenvalue weighted by Crippen LogP contribution is 2.55. The number of aliphatic hydroxyl groups excluding tert-OH is 5. The molecule has 8 aliphatic heterocycles. The van der Waals surface area contributed by atoms with E-state index in [1.54, 1.807) is 22.9 Å². The van der Waals surface area contributed by atoms with Crippen LogP contribution in [0.1, 0.15) is 39.1 Å². The molecule has 0 saturated carbocycles. The highest BCUT2D eigenvalue weighted by Gasteiger charge is 2.55. The van der Waals surface area contributed by atoms with Crippen LogP contribution in [0.4, 0.5) is 11.8 Å². The highest BCUT2D eigenvalue weighted by atomic mass is 31.2. The van der Waals surface area contributed by atoms with Crippen molar-refractivity contribution in [2.75, 3.05) is 84.5 Å². The molecule has 12 rings (SSSR count). The minimum Gasteiger partial charge on any atom is -0.394 e. The average molecular weight is 1450 g/mol. The lowest BCUT2D eigenvalue weighted by atomic mass is 10.1. The van der Waals surface area contributed by atoms with E-state index in [4.69, 9.17) is 85.6 Å². The van der Waals surface area contributed by atoms with Gasteiger partial charge in [0.25, 0.3) is 5.56 Å². The smallest absolute Gasteiger partial charge is 0.394 e. The molecule has 43 nitrogen and oxygen atoms in total. The second-order valence-electron chi connectivity index (χ2n) is 23.2. The maximum absolute atomic E-state index is 14.2. The number of aliphatic hydroxyl groups is 5. The summed E-state index contributed by atoms with van der Waals surface area (Å²) in [4.78, 5) is 85.0. The first kappa shape index (κ1) is 70.9. The number of hydrogen-bond donors (Lipinski definition) is 12. The number of hydrogen-bond acceptors (Lipinski definition) is 36. The number of phosphoric ester groups is 4. The van der Waals surface area contributed by atoms with E-state index in [1.807, 2.05) is 13.1 Å². The maximum Gasteiger partial charge on any atom is 0.472 e. The van der Waals surface area contributed by atoms with E-state index in [1.165, 1.54) is 28.1 Å². The molecule has 14 N–H and O–H groups in total. The molecular formula is C49H71N13O30P4. The molecule has 5 saturated heterocycles. The molecule has 0 aliphatic carbocycles. The molecule has 0 bridgehead atoms. The number of nitrogens with one attached hydrogen (secondary N) is 1. The molecule has 12 heterocycles. The minimum absolute atomic E-state index is 0.0119. The number of aromatic amines is 1. The van der Waals surface area contributed by atoms with Gasteiger partial charge >= 0.3 is 31.3 Å². The quantitative estimate of drug-likeness (QED) is 0.0289. The first-order valence-electron chi connectivity index (χ1n) is 29.5. The van der Waals surface area contributed by atoms with Gasteiger partial charge in [-0.2, -0.15) is 4.98 Å². The molecule has 0 aromatic carbocycles. The zero-order valence-corrected chi connectivity index (χ0v) is 54.2. The van der Waals surface area contributed by atoms with Crippen molar-refractivity contribution in [3.63, 3.8) is 0 Å². The fourth-order valence-corrected chi connectivity index (χ4v) is 15.7. The maximum atomic E-state index is 14.2. The molecule has 0 radical (unpaired) electrons. The Labute approximate surface area is 541 Å². The van der Waals surface area contributed by atoms with Crippen molar-refractivity contribution < 1.29 is 137 Å². The lowest BCUT2D eigenvalue weighted by Gasteiger charge is -2.31. The summed E-state index contributed by atoms with van der Waals surface area (Å²) in [7, 11) is -21.7. The van der Waals surface area contributed by atoms with Gasteiger partial charge in [0.2, 0.25) is 5.95 Å². The van der Waals surface area contributed by atoms with Gasteiger partial charge in [-0.3, -0.25) is 55.1 Å². The van der Waals surface area contributed by atoms with Gasteiger partial charge in [-0.1, -0.05) is 0 Å². The van der Waals surface area contributed by atoms with Crippen molar-refractivity contribution in [2.45, 2.75) is 137 Å². The lowest BCUT2D eigenvalue weighted by Crippen LogP contribution is -2.44. The van der Waals surface area contributed by atoms with Gasteiger partial charge in [-0.05, 0) is 31.1 Å². The van der Waals surface area contributed by atoms with Crippen LogP contribution in [0.2, 0.25) is 0 Å². The predicted molar refractivity (Wildman–Crippen MR) is 314 cm³/mol. The van der Waals surface area contributed by atoms with Gasteiger partial charge in [0.1, 0.15) is 118 Å². The molecule has 4 aromatic heterocycles. The van der Waals surface area contributed by atoms with Crippen molar-refractivity contribution in [1.29, 1.82) is 0 Å². The number of anilines is 2. The van der Waals surface area contributed by atoms with Crippen LogP contribution in [0.25, 0.3) is 22.3 Å². The summed E-state index contributed by atoms with van der Waals surface area (Å²) in [5, 5.41) is 56.1. The Bertz CT molecular complexity index is 3800. The third kappa shape index (κ3) is 15.8. The number of nitrogens with zero attached hydrogens (tertiary/aromatic N) is 10. The van der Waals surface area contributed by atoms with Crippen LogP contribution in [0.3, 0.4) is 0 Å². The largest absolute Gasteiger partial charge is 0.472 e.